The molecular weight excluding hydrogens is 614 g/mol. The molecule has 13 heteroatoms. The molecule has 5 aliphatic rings. The summed E-state index contributed by atoms with van der Waals surface area (Å²) in [6, 6.07) is 12.8. The van der Waals surface area contributed by atoms with E-state index in [1.807, 2.05) is 40.1 Å². The molecule has 45 heavy (non-hydrogen) atoms. The van der Waals surface area contributed by atoms with Crippen LogP contribution in [-0.2, 0) is 11.0 Å². The molecule has 0 radical (unpaired) electrons. The fourth-order valence-corrected chi connectivity index (χ4v) is 7.87. The van der Waals surface area contributed by atoms with Crippen LogP contribution in [0, 0.1) is 5.41 Å². The van der Waals surface area contributed by atoms with Crippen LogP contribution in [0.15, 0.2) is 48.7 Å². The first-order chi connectivity index (χ1) is 21.4. The molecule has 5 fully saturated rings. The Hall–Kier alpha value is -3.80. The topological polar surface area (TPSA) is 81.9 Å². The summed E-state index contributed by atoms with van der Waals surface area (Å²) in [5, 5.41) is 13.7. The van der Waals surface area contributed by atoms with Crippen LogP contribution in [0.25, 0.3) is 11.1 Å². The minimum atomic E-state index is -4.87. The van der Waals surface area contributed by atoms with Gasteiger partial charge in [-0.05, 0) is 61.9 Å². The maximum Gasteiger partial charge on any atom is 0.433 e. The van der Waals surface area contributed by atoms with Crippen molar-refractivity contribution in [1.29, 1.82) is 0 Å². The Balaban J connectivity index is 1.07. The number of carboxylic acid groups (broad SMARTS) is 1. The molecule has 2 bridgehead atoms. The van der Waals surface area contributed by atoms with E-state index < -0.39 is 40.5 Å². The van der Waals surface area contributed by atoms with Gasteiger partial charge in [0.15, 0.2) is 5.69 Å². The molecule has 1 unspecified atom stereocenters. The molecule has 2 aromatic carbocycles. The number of hydrogen-bond donors (Lipinski definition) is 1. The van der Waals surface area contributed by atoms with Crippen LogP contribution < -0.4 is 9.80 Å². The largest absolute Gasteiger partial charge is 0.478 e. The molecule has 1 atom stereocenters. The Morgan fingerprint density at radius 2 is 1.64 bits per heavy atom. The van der Waals surface area contributed by atoms with Gasteiger partial charge in [-0.3, -0.25) is 9.48 Å². The Morgan fingerprint density at radius 3 is 2.27 bits per heavy atom. The number of aromatic carboxylic acids is 1. The summed E-state index contributed by atoms with van der Waals surface area (Å²) in [5.74, 6) is -1.57. The number of rotatable bonds is 6. The molecule has 1 aromatic heterocycles. The minimum Gasteiger partial charge on any atom is -0.478 e. The SMILES string of the molecule is O=C(O)c1cnn(C2CCCN(c3cc(Cl)ccc3-c3ccc(N4CCN(C(=O)C56CC(F)(C5)C6)CC4)cc3)C2)c1C(F)(F)F. The molecule has 3 heterocycles. The molecule has 3 aromatic rings. The third-order valence-electron chi connectivity index (χ3n) is 9.87. The summed E-state index contributed by atoms with van der Waals surface area (Å²) < 4.78 is 56.5. The molecule has 3 aliphatic carbocycles. The lowest BCUT2D eigenvalue weighted by molar-refractivity contribution is -0.222. The van der Waals surface area contributed by atoms with Crippen molar-refractivity contribution < 1.29 is 32.3 Å². The van der Waals surface area contributed by atoms with Crippen molar-refractivity contribution in [2.75, 3.05) is 49.1 Å². The highest BCUT2D eigenvalue weighted by atomic mass is 35.5. The van der Waals surface area contributed by atoms with E-state index in [0.29, 0.717) is 69.9 Å². The van der Waals surface area contributed by atoms with Gasteiger partial charge >= 0.3 is 12.1 Å². The number of halogens is 5. The average molecular weight is 646 g/mol. The Kier molecular flexibility index (Phi) is 7.07. The lowest BCUT2D eigenvalue weighted by Crippen LogP contribution is -2.71. The summed E-state index contributed by atoms with van der Waals surface area (Å²) in [6.45, 7) is 3.35. The number of carbonyl (C=O) groups is 2. The van der Waals surface area contributed by atoms with Gasteiger partial charge in [0.25, 0.3) is 0 Å². The molecule has 1 amide bonds. The lowest BCUT2D eigenvalue weighted by Gasteiger charge is -2.65. The number of benzene rings is 2. The summed E-state index contributed by atoms with van der Waals surface area (Å²) >= 11 is 6.40. The maximum absolute atomic E-state index is 14.0. The van der Waals surface area contributed by atoms with Crippen LogP contribution in [-0.4, -0.2) is 76.6 Å². The monoisotopic (exact) mass is 645 g/mol. The normalized spacial score (nSPS) is 26.3. The fourth-order valence-electron chi connectivity index (χ4n) is 7.71. The number of aromatic nitrogens is 2. The summed E-state index contributed by atoms with van der Waals surface area (Å²) in [7, 11) is 0. The van der Waals surface area contributed by atoms with Gasteiger partial charge in [-0.2, -0.15) is 18.3 Å². The molecule has 8 nitrogen and oxygen atoms in total. The van der Waals surface area contributed by atoms with Crippen molar-refractivity contribution >= 4 is 34.9 Å². The van der Waals surface area contributed by atoms with Crippen LogP contribution in [0.1, 0.15) is 54.2 Å². The number of piperidine rings is 1. The van der Waals surface area contributed by atoms with E-state index in [1.54, 1.807) is 12.1 Å². The van der Waals surface area contributed by atoms with Crippen molar-refractivity contribution in [2.24, 2.45) is 5.41 Å². The standard InChI is InChI=1S/C32H32ClF4N5O3/c33-21-5-8-24(26(14-21)41-9-1-2-23(16-41)42-27(32(35,36)37)25(15-38-42)28(43)44)20-3-6-22(7-4-20)39-10-12-40(13-11-39)29(45)30-17-31(34,18-30)19-30/h3-8,14-15,23H,1-2,9-13,16-19H2,(H,43,44). The summed E-state index contributed by atoms with van der Waals surface area (Å²) in [6.07, 6.45) is -1.99. The Labute approximate surface area is 262 Å². The van der Waals surface area contributed by atoms with E-state index in [2.05, 4.69) is 10.00 Å². The van der Waals surface area contributed by atoms with E-state index in [1.165, 1.54) is 0 Å². The van der Waals surface area contributed by atoms with Crippen molar-refractivity contribution in [1.82, 2.24) is 14.7 Å². The van der Waals surface area contributed by atoms with Gasteiger partial charge in [0, 0.05) is 61.2 Å². The smallest absolute Gasteiger partial charge is 0.433 e. The highest BCUT2D eigenvalue weighted by Crippen LogP contribution is 2.70. The van der Waals surface area contributed by atoms with Crippen molar-refractivity contribution in [3.63, 3.8) is 0 Å². The van der Waals surface area contributed by atoms with Gasteiger partial charge in [0.2, 0.25) is 5.91 Å². The molecule has 1 N–H and O–H groups in total. The highest BCUT2D eigenvalue weighted by Gasteiger charge is 2.73. The Bertz CT molecular complexity index is 1630. The second-order valence-corrected chi connectivity index (χ2v) is 13.3. The van der Waals surface area contributed by atoms with Gasteiger partial charge in [0.05, 0.1) is 17.7 Å². The van der Waals surface area contributed by atoms with E-state index in [4.69, 9.17) is 11.6 Å². The molecule has 238 valence electrons. The first kappa shape index (κ1) is 29.9. The van der Waals surface area contributed by atoms with Crippen LogP contribution in [0.5, 0.6) is 0 Å². The first-order valence-corrected chi connectivity index (χ1v) is 15.5. The summed E-state index contributed by atoms with van der Waals surface area (Å²) in [4.78, 5) is 30.5. The zero-order valence-corrected chi connectivity index (χ0v) is 25.1. The van der Waals surface area contributed by atoms with E-state index in [9.17, 15) is 32.3 Å². The quantitative estimate of drug-likeness (QED) is 0.317. The minimum absolute atomic E-state index is 0.0942. The Morgan fingerprint density at radius 1 is 0.956 bits per heavy atom. The number of carboxylic acids is 1. The van der Waals surface area contributed by atoms with E-state index >= 15 is 0 Å². The maximum atomic E-state index is 14.0. The number of alkyl halides is 4. The zero-order chi connectivity index (χ0) is 31.7. The number of hydrogen-bond acceptors (Lipinski definition) is 5. The molecular formula is C32H32ClF4N5O3. The third-order valence-corrected chi connectivity index (χ3v) is 10.1. The second-order valence-electron chi connectivity index (χ2n) is 12.8. The van der Waals surface area contributed by atoms with Crippen molar-refractivity contribution in [3.8, 4) is 11.1 Å². The number of piperazine rings is 1. The number of carbonyl (C=O) groups excluding carboxylic acids is 1. The third kappa shape index (κ3) is 5.20. The molecule has 0 spiro atoms. The van der Waals surface area contributed by atoms with Crippen LogP contribution in [0.3, 0.4) is 0 Å². The lowest BCUT2D eigenvalue weighted by atomic mass is 9.42. The van der Waals surface area contributed by atoms with E-state index in [-0.39, 0.29) is 12.5 Å². The molecule has 3 saturated carbocycles. The van der Waals surface area contributed by atoms with Gasteiger partial charge < -0.3 is 19.8 Å². The van der Waals surface area contributed by atoms with Crippen LogP contribution in [0.4, 0.5) is 28.9 Å². The fraction of sp³-hybridized carbons (Fsp3) is 0.469. The number of nitrogens with zero attached hydrogens (tertiary/aromatic N) is 5. The predicted molar refractivity (Wildman–Crippen MR) is 160 cm³/mol. The molecule has 2 saturated heterocycles. The van der Waals surface area contributed by atoms with Crippen LogP contribution >= 0.6 is 11.6 Å². The van der Waals surface area contributed by atoms with Crippen molar-refractivity contribution in [2.45, 2.75) is 50.0 Å². The highest BCUT2D eigenvalue weighted by molar-refractivity contribution is 6.31. The average Bonchev–Trinajstić information content (AvgIpc) is 3.46. The number of amides is 1. The number of anilines is 2. The van der Waals surface area contributed by atoms with E-state index in [0.717, 1.165) is 33.4 Å². The van der Waals surface area contributed by atoms with Crippen molar-refractivity contribution in [3.05, 3.63) is 64.9 Å². The van der Waals surface area contributed by atoms with Crippen LogP contribution in [0.2, 0.25) is 5.02 Å². The van der Waals surface area contributed by atoms with Gasteiger partial charge in [-0.1, -0.05) is 29.8 Å². The zero-order valence-electron chi connectivity index (χ0n) is 24.4. The molecule has 8 rings (SSSR count). The van der Waals surface area contributed by atoms with Gasteiger partial charge in [0.1, 0.15) is 11.2 Å². The van der Waals surface area contributed by atoms with Gasteiger partial charge in [-0.15, -0.1) is 0 Å². The molecule has 2 aliphatic heterocycles. The van der Waals surface area contributed by atoms with Gasteiger partial charge in [-0.25, -0.2) is 9.18 Å². The second kappa shape index (κ2) is 10.6. The predicted octanol–water partition coefficient (Wildman–Crippen LogP) is 6.30. The summed E-state index contributed by atoms with van der Waals surface area (Å²) in [5.41, 5.74) is -0.0928. The first-order valence-electron chi connectivity index (χ1n) is 15.1.